The van der Waals surface area contributed by atoms with Crippen LogP contribution in [0.1, 0.15) is 51.7 Å². The highest BCUT2D eigenvalue weighted by Gasteiger charge is 2.35. The highest BCUT2D eigenvalue weighted by Crippen LogP contribution is 2.52. The first-order chi connectivity index (χ1) is 17.0. The molecule has 1 heterocycles. The van der Waals surface area contributed by atoms with Crippen molar-refractivity contribution in [2.24, 2.45) is 10.2 Å². The normalized spacial score (nSPS) is 14.1. The van der Waals surface area contributed by atoms with Crippen LogP contribution in [0.25, 0.3) is 5.57 Å². The van der Waals surface area contributed by atoms with Crippen LogP contribution in [0, 0.1) is 21.4 Å². The van der Waals surface area contributed by atoms with Gasteiger partial charge in [0.25, 0.3) is 5.69 Å². The van der Waals surface area contributed by atoms with Gasteiger partial charge in [0, 0.05) is 36.7 Å². The molecule has 0 amide bonds. The number of hydrogen-bond acceptors (Lipinski definition) is 9. The number of nitro benzene ring substituents is 1. The zero-order valence-electron chi connectivity index (χ0n) is 21.3. The largest absolute Gasteiger partial charge is 0.494 e. The van der Waals surface area contributed by atoms with E-state index in [4.69, 9.17) is 9.47 Å². The maximum atomic E-state index is 11.5. The fourth-order valence-corrected chi connectivity index (χ4v) is 4.46. The fourth-order valence-electron chi connectivity index (χ4n) is 4.46. The molecule has 36 heavy (non-hydrogen) atoms. The monoisotopic (exact) mass is 491 g/mol. The second-order valence-electron chi connectivity index (χ2n) is 9.06. The van der Waals surface area contributed by atoms with Crippen LogP contribution in [-0.2, 0) is 4.79 Å². The summed E-state index contributed by atoms with van der Waals surface area (Å²) in [6.45, 7) is 8.46. The molecule has 188 valence electrons. The second kappa shape index (κ2) is 10.6. The Hall–Kier alpha value is -4.26. The van der Waals surface area contributed by atoms with Gasteiger partial charge in [-0.05, 0) is 45.8 Å². The molecule has 0 saturated heterocycles. The number of nitro groups is 1. The molecule has 0 saturated carbocycles. The number of carbonyl (C=O) groups excluding carboxylic acids is 1. The van der Waals surface area contributed by atoms with E-state index in [0.717, 1.165) is 22.9 Å². The first-order valence-corrected chi connectivity index (χ1v) is 11.4. The molecule has 0 unspecified atom stereocenters. The Balaban J connectivity index is 2.15. The number of Topliss-reactive ketones (excluding diaryl/α,β-unsaturated/α-hetero) is 1. The van der Waals surface area contributed by atoms with Gasteiger partial charge in [-0.15, -0.1) is 10.2 Å². The predicted octanol–water partition coefficient (Wildman–Crippen LogP) is 6.27. The third-order valence-corrected chi connectivity index (χ3v) is 6.05. The van der Waals surface area contributed by atoms with Crippen molar-refractivity contribution in [2.75, 3.05) is 25.7 Å². The number of ether oxygens (including phenoxy) is 2. The van der Waals surface area contributed by atoms with Crippen molar-refractivity contribution >= 4 is 34.1 Å². The summed E-state index contributed by atoms with van der Waals surface area (Å²) < 4.78 is 11.5. The molecular weight excluding hydrogens is 462 g/mol. The summed E-state index contributed by atoms with van der Waals surface area (Å²) in [5.74, 6) is 1.01. The minimum absolute atomic E-state index is 0.0262. The van der Waals surface area contributed by atoms with E-state index < -0.39 is 4.92 Å². The van der Waals surface area contributed by atoms with Gasteiger partial charge in [0.2, 0.25) is 0 Å². The highest BCUT2D eigenvalue weighted by atomic mass is 16.6. The van der Waals surface area contributed by atoms with E-state index in [0.29, 0.717) is 36.6 Å². The van der Waals surface area contributed by atoms with Crippen LogP contribution < -0.4 is 14.4 Å². The maximum absolute atomic E-state index is 11.5. The minimum Gasteiger partial charge on any atom is -0.494 e. The zero-order chi connectivity index (χ0) is 26.6. The van der Waals surface area contributed by atoms with Crippen molar-refractivity contribution in [1.29, 1.82) is 5.26 Å². The highest BCUT2D eigenvalue weighted by molar-refractivity contribution is 5.90. The molecule has 2 aromatic rings. The quantitative estimate of drug-likeness (QED) is 0.229. The van der Waals surface area contributed by atoms with E-state index in [1.165, 1.54) is 26.4 Å². The first kappa shape index (κ1) is 26.3. The molecule has 0 aliphatic carbocycles. The summed E-state index contributed by atoms with van der Waals surface area (Å²) in [4.78, 5) is 24.2. The third-order valence-electron chi connectivity index (χ3n) is 6.05. The summed E-state index contributed by atoms with van der Waals surface area (Å²) >= 11 is 0. The summed E-state index contributed by atoms with van der Waals surface area (Å²) in [7, 11) is 3.05. The van der Waals surface area contributed by atoms with Gasteiger partial charge in [-0.2, -0.15) is 5.26 Å². The molecule has 10 heteroatoms. The van der Waals surface area contributed by atoms with E-state index in [9.17, 15) is 20.2 Å². The van der Waals surface area contributed by atoms with E-state index >= 15 is 0 Å². The number of fused-ring (bicyclic) bond motifs is 1. The van der Waals surface area contributed by atoms with Crippen molar-refractivity contribution in [2.45, 2.75) is 46.1 Å². The van der Waals surface area contributed by atoms with Crippen LogP contribution in [-0.4, -0.2) is 37.0 Å². The molecule has 0 fully saturated rings. The number of methoxy groups -OCH3 is 2. The second-order valence-corrected chi connectivity index (χ2v) is 9.06. The summed E-state index contributed by atoms with van der Waals surface area (Å²) in [6, 6.07) is 7.60. The molecule has 2 aromatic carbocycles. The number of ketones is 1. The number of carbonyl (C=O) groups is 1. The van der Waals surface area contributed by atoms with Gasteiger partial charge in [0.05, 0.1) is 35.9 Å². The van der Waals surface area contributed by atoms with Gasteiger partial charge in [-0.3, -0.25) is 10.1 Å². The van der Waals surface area contributed by atoms with Crippen LogP contribution in [0.2, 0.25) is 0 Å². The number of rotatable bonds is 9. The lowest BCUT2D eigenvalue weighted by Gasteiger charge is -2.44. The Labute approximate surface area is 210 Å². The molecule has 1 aliphatic heterocycles. The van der Waals surface area contributed by atoms with Gasteiger partial charge in [0.1, 0.15) is 17.5 Å². The van der Waals surface area contributed by atoms with Gasteiger partial charge >= 0.3 is 0 Å². The van der Waals surface area contributed by atoms with E-state index in [1.807, 2.05) is 19.1 Å². The SMILES string of the molecule is COc1cc2c(c(OC)c1/N=N/c1ccc([N+](=O)[O-])cc1C#N)C(C)=CC(C)(C)N2CCCC(C)=O. The molecule has 0 radical (unpaired) electrons. The Morgan fingerprint density at radius 1 is 1.22 bits per heavy atom. The fraction of sp³-hybridized carbons (Fsp3) is 0.385. The van der Waals surface area contributed by atoms with E-state index in [1.54, 1.807) is 6.92 Å². The van der Waals surface area contributed by atoms with Gasteiger partial charge in [-0.25, -0.2) is 0 Å². The number of non-ortho nitro benzene ring substituents is 1. The molecule has 0 atom stereocenters. The molecule has 0 bridgehead atoms. The zero-order valence-corrected chi connectivity index (χ0v) is 21.3. The number of hydrogen-bond donors (Lipinski definition) is 0. The Morgan fingerprint density at radius 2 is 1.94 bits per heavy atom. The number of nitriles is 1. The topological polar surface area (TPSA) is 130 Å². The standard InChI is InChI=1S/C26H29N5O5/c1-16-14-26(3,4)30(11-7-8-17(2)32)21-13-22(35-5)24(25(36-6)23(16)21)29-28-20-10-9-19(31(33)34)12-18(20)15-27/h9-10,12-14H,7-8,11H2,1-6H3/b29-28+. The Morgan fingerprint density at radius 3 is 2.53 bits per heavy atom. The van der Waals surface area contributed by atoms with Crippen molar-refractivity contribution < 1.29 is 19.2 Å². The van der Waals surface area contributed by atoms with Gasteiger partial charge in [0.15, 0.2) is 17.2 Å². The van der Waals surface area contributed by atoms with Gasteiger partial charge in [-0.1, -0.05) is 6.08 Å². The number of anilines is 1. The van der Waals surface area contributed by atoms with Crippen LogP contribution in [0.5, 0.6) is 11.5 Å². The Bertz CT molecular complexity index is 1310. The van der Waals surface area contributed by atoms with Crippen LogP contribution in [0.3, 0.4) is 0 Å². The molecule has 1 aliphatic rings. The number of benzene rings is 2. The van der Waals surface area contributed by atoms with Crippen molar-refractivity contribution in [1.82, 2.24) is 0 Å². The van der Waals surface area contributed by atoms with Crippen LogP contribution in [0.4, 0.5) is 22.7 Å². The molecule has 3 rings (SSSR count). The minimum atomic E-state index is -0.573. The van der Waals surface area contributed by atoms with Gasteiger partial charge < -0.3 is 19.2 Å². The average molecular weight is 492 g/mol. The molecule has 0 N–H and O–H groups in total. The van der Waals surface area contributed by atoms with Crippen LogP contribution >= 0.6 is 0 Å². The molecule has 0 aromatic heterocycles. The summed E-state index contributed by atoms with van der Waals surface area (Å²) in [6.07, 6.45) is 3.33. The molecular formula is C26H29N5O5. The maximum Gasteiger partial charge on any atom is 0.270 e. The number of nitrogens with zero attached hydrogens (tertiary/aromatic N) is 5. The Kier molecular flexibility index (Phi) is 7.73. The smallest absolute Gasteiger partial charge is 0.270 e. The third kappa shape index (κ3) is 5.20. The number of azo groups is 1. The average Bonchev–Trinajstić information content (AvgIpc) is 2.82. The van der Waals surface area contributed by atoms with Crippen molar-refractivity contribution in [3.05, 3.63) is 51.6 Å². The lowest BCUT2D eigenvalue weighted by atomic mass is 9.87. The molecule has 10 nitrogen and oxygen atoms in total. The summed E-state index contributed by atoms with van der Waals surface area (Å²) in [5, 5.41) is 29.0. The van der Waals surface area contributed by atoms with Crippen LogP contribution in [0.15, 0.2) is 40.6 Å². The van der Waals surface area contributed by atoms with E-state index in [2.05, 4.69) is 35.1 Å². The lowest BCUT2D eigenvalue weighted by Crippen LogP contribution is -2.45. The van der Waals surface area contributed by atoms with Crippen molar-refractivity contribution in [3.63, 3.8) is 0 Å². The molecule has 0 spiro atoms. The first-order valence-electron chi connectivity index (χ1n) is 11.4. The summed E-state index contributed by atoms with van der Waals surface area (Å²) in [5.41, 5.74) is 2.74. The van der Waals surface area contributed by atoms with Crippen molar-refractivity contribution in [3.8, 4) is 17.6 Å². The number of allylic oxidation sites excluding steroid dienone is 1. The van der Waals surface area contributed by atoms with E-state index in [-0.39, 0.29) is 28.3 Å². The predicted molar refractivity (Wildman–Crippen MR) is 137 cm³/mol. The lowest BCUT2D eigenvalue weighted by molar-refractivity contribution is -0.384.